The number of amides is 1. The summed E-state index contributed by atoms with van der Waals surface area (Å²) in [6.45, 7) is 1.76. The van der Waals surface area contributed by atoms with E-state index in [0.717, 1.165) is 48.1 Å². The minimum atomic E-state index is -0.404. The van der Waals surface area contributed by atoms with Crippen LogP contribution in [0.2, 0.25) is 0 Å². The SMILES string of the molecule is COc1ccc(C2(NC(=O)Cn3nc(C)c4ccccc4c3=O)CCCC2)cc1. The Balaban J connectivity index is 1.60. The van der Waals surface area contributed by atoms with Crippen LogP contribution in [0.5, 0.6) is 5.75 Å². The normalized spacial score (nSPS) is 15.4. The van der Waals surface area contributed by atoms with Crippen molar-refractivity contribution in [2.75, 3.05) is 7.11 Å². The van der Waals surface area contributed by atoms with Gasteiger partial charge in [0.05, 0.1) is 23.7 Å². The van der Waals surface area contributed by atoms with Crippen molar-refractivity contribution in [1.29, 1.82) is 0 Å². The molecule has 0 radical (unpaired) electrons. The summed E-state index contributed by atoms with van der Waals surface area (Å²) < 4.78 is 6.52. The molecule has 150 valence electrons. The Kier molecular flexibility index (Phi) is 5.09. The average Bonchev–Trinajstić information content (AvgIpc) is 3.21. The van der Waals surface area contributed by atoms with E-state index >= 15 is 0 Å². The van der Waals surface area contributed by atoms with Crippen LogP contribution in [0.4, 0.5) is 0 Å². The van der Waals surface area contributed by atoms with E-state index in [1.165, 1.54) is 4.68 Å². The van der Waals surface area contributed by atoms with Gasteiger partial charge in [-0.05, 0) is 43.5 Å². The molecule has 1 heterocycles. The number of ether oxygens (including phenoxy) is 1. The molecular formula is C23H25N3O3. The summed E-state index contributed by atoms with van der Waals surface area (Å²) in [5.74, 6) is 0.586. The van der Waals surface area contributed by atoms with E-state index in [4.69, 9.17) is 4.74 Å². The fourth-order valence-corrected chi connectivity index (χ4v) is 4.33. The lowest BCUT2D eigenvalue weighted by Crippen LogP contribution is -2.46. The van der Waals surface area contributed by atoms with E-state index in [1.54, 1.807) is 13.2 Å². The van der Waals surface area contributed by atoms with Gasteiger partial charge in [0.1, 0.15) is 12.3 Å². The highest BCUT2D eigenvalue weighted by Crippen LogP contribution is 2.39. The lowest BCUT2D eigenvalue weighted by molar-refractivity contribution is -0.124. The van der Waals surface area contributed by atoms with Gasteiger partial charge in [0.25, 0.3) is 5.56 Å². The van der Waals surface area contributed by atoms with Crippen LogP contribution in [0, 0.1) is 6.92 Å². The Labute approximate surface area is 169 Å². The van der Waals surface area contributed by atoms with Crippen molar-refractivity contribution in [3.05, 3.63) is 70.1 Å². The fourth-order valence-electron chi connectivity index (χ4n) is 4.33. The summed E-state index contributed by atoms with van der Waals surface area (Å²) in [5, 5.41) is 8.97. The summed E-state index contributed by atoms with van der Waals surface area (Å²) in [5.41, 5.74) is 1.16. The van der Waals surface area contributed by atoms with E-state index in [9.17, 15) is 9.59 Å². The second kappa shape index (κ2) is 7.70. The first kappa shape index (κ1) is 19.2. The Bertz CT molecular complexity index is 1100. The predicted octanol–water partition coefficient (Wildman–Crippen LogP) is 3.30. The Morgan fingerprint density at radius 3 is 2.41 bits per heavy atom. The van der Waals surface area contributed by atoms with Gasteiger partial charge < -0.3 is 10.1 Å². The molecule has 0 atom stereocenters. The fraction of sp³-hybridized carbons (Fsp3) is 0.348. The third-order valence-electron chi connectivity index (χ3n) is 5.82. The number of aryl methyl sites for hydroxylation is 1. The number of hydrogen-bond donors (Lipinski definition) is 1. The van der Waals surface area contributed by atoms with Gasteiger partial charge >= 0.3 is 0 Å². The number of fused-ring (bicyclic) bond motifs is 1. The molecule has 1 aliphatic rings. The summed E-state index contributed by atoms with van der Waals surface area (Å²) in [6, 6.07) is 15.2. The van der Waals surface area contributed by atoms with Crippen molar-refractivity contribution in [3.8, 4) is 5.75 Å². The number of nitrogens with one attached hydrogen (secondary N) is 1. The van der Waals surface area contributed by atoms with Gasteiger partial charge in [0.2, 0.25) is 5.91 Å². The maximum atomic E-state index is 12.9. The van der Waals surface area contributed by atoms with E-state index < -0.39 is 5.54 Å². The van der Waals surface area contributed by atoms with Crippen LogP contribution >= 0.6 is 0 Å². The molecule has 0 spiro atoms. The second-order valence-corrected chi connectivity index (χ2v) is 7.66. The van der Waals surface area contributed by atoms with E-state index in [2.05, 4.69) is 10.4 Å². The minimum Gasteiger partial charge on any atom is -0.497 e. The first-order chi connectivity index (χ1) is 14.0. The number of nitrogens with zero attached hydrogens (tertiary/aromatic N) is 2. The molecule has 1 N–H and O–H groups in total. The molecule has 1 aliphatic carbocycles. The topological polar surface area (TPSA) is 73.2 Å². The molecule has 0 unspecified atom stereocenters. The third kappa shape index (κ3) is 3.62. The number of methoxy groups -OCH3 is 1. The van der Waals surface area contributed by atoms with Crippen LogP contribution in [0.25, 0.3) is 10.8 Å². The number of benzene rings is 2. The first-order valence-electron chi connectivity index (χ1n) is 9.94. The molecule has 1 amide bonds. The van der Waals surface area contributed by atoms with Gasteiger partial charge in [-0.15, -0.1) is 0 Å². The van der Waals surface area contributed by atoms with Crippen molar-refractivity contribution in [2.24, 2.45) is 0 Å². The zero-order valence-electron chi connectivity index (χ0n) is 16.8. The number of aromatic nitrogens is 2. The summed E-state index contributed by atoms with van der Waals surface area (Å²) >= 11 is 0. The molecule has 6 nitrogen and oxygen atoms in total. The van der Waals surface area contributed by atoms with E-state index in [0.29, 0.717) is 5.39 Å². The summed E-state index contributed by atoms with van der Waals surface area (Å²) in [7, 11) is 1.64. The molecular weight excluding hydrogens is 366 g/mol. The van der Waals surface area contributed by atoms with Gasteiger partial charge in [-0.1, -0.05) is 43.2 Å². The molecule has 0 aliphatic heterocycles. The molecule has 6 heteroatoms. The predicted molar refractivity (Wildman–Crippen MR) is 112 cm³/mol. The van der Waals surface area contributed by atoms with Crippen molar-refractivity contribution in [2.45, 2.75) is 44.7 Å². The molecule has 1 saturated carbocycles. The zero-order valence-corrected chi connectivity index (χ0v) is 16.8. The van der Waals surface area contributed by atoms with Crippen LogP contribution in [-0.4, -0.2) is 22.8 Å². The average molecular weight is 391 g/mol. The standard InChI is InChI=1S/C23H25N3O3/c1-16-19-7-3-4-8-20(19)22(28)26(25-16)15-21(27)24-23(13-5-6-14-23)17-9-11-18(29-2)12-10-17/h3-4,7-12H,5-6,13-15H2,1-2H3,(H,24,27). The first-order valence-corrected chi connectivity index (χ1v) is 9.94. The smallest absolute Gasteiger partial charge is 0.275 e. The summed E-state index contributed by atoms with van der Waals surface area (Å²) in [6.07, 6.45) is 3.87. The molecule has 0 bridgehead atoms. The van der Waals surface area contributed by atoms with Crippen molar-refractivity contribution in [3.63, 3.8) is 0 Å². The van der Waals surface area contributed by atoms with Crippen LogP contribution in [-0.2, 0) is 16.9 Å². The second-order valence-electron chi connectivity index (χ2n) is 7.66. The molecule has 3 aromatic rings. The van der Waals surface area contributed by atoms with Crippen molar-refractivity contribution < 1.29 is 9.53 Å². The van der Waals surface area contributed by atoms with Gasteiger partial charge in [-0.2, -0.15) is 5.10 Å². The van der Waals surface area contributed by atoms with Crippen molar-refractivity contribution >= 4 is 16.7 Å². The number of rotatable bonds is 5. The van der Waals surface area contributed by atoms with Gasteiger partial charge in [0.15, 0.2) is 0 Å². The zero-order chi connectivity index (χ0) is 20.4. The quantitative estimate of drug-likeness (QED) is 0.724. The Hall–Kier alpha value is -3.15. The van der Waals surface area contributed by atoms with Crippen LogP contribution in [0.3, 0.4) is 0 Å². The van der Waals surface area contributed by atoms with E-state index in [-0.39, 0.29) is 18.0 Å². The number of hydrogen-bond acceptors (Lipinski definition) is 4. The lowest BCUT2D eigenvalue weighted by atomic mass is 9.88. The number of carbonyl (C=O) groups excluding carboxylic acids is 1. The molecule has 1 aromatic heterocycles. The van der Waals surface area contributed by atoms with Crippen LogP contribution in [0.1, 0.15) is 36.9 Å². The highest BCUT2D eigenvalue weighted by Gasteiger charge is 2.37. The monoisotopic (exact) mass is 391 g/mol. The lowest BCUT2D eigenvalue weighted by Gasteiger charge is -2.31. The molecule has 1 fully saturated rings. The Morgan fingerprint density at radius 1 is 1.10 bits per heavy atom. The third-order valence-corrected chi connectivity index (χ3v) is 5.82. The highest BCUT2D eigenvalue weighted by molar-refractivity contribution is 5.83. The van der Waals surface area contributed by atoms with Crippen LogP contribution < -0.4 is 15.6 Å². The van der Waals surface area contributed by atoms with Gasteiger partial charge in [-0.25, -0.2) is 4.68 Å². The van der Waals surface area contributed by atoms with Gasteiger partial charge in [-0.3, -0.25) is 9.59 Å². The van der Waals surface area contributed by atoms with E-state index in [1.807, 2.05) is 49.4 Å². The maximum Gasteiger partial charge on any atom is 0.275 e. The highest BCUT2D eigenvalue weighted by atomic mass is 16.5. The molecule has 29 heavy (non-hydrogen) atoms. The Morgan fingerprint density at radius 2 is 1.76 bits per heavy atom. The largest absolute Gasteiger partial charge is 0.497 e. The van der Waals surface area contributed by atoms with Crippen molar-refractivity contribution in [1.82, 2.24) is 15.1 Å². The minimum absolute atomic E-state index is 0.0948. The van der Waals surface area contributed by atoms with Gasteiger partial charge in [0, 0.05) is 5.39 Å². The molecule has 4 rings (SSSR count). The maximum absolute atomic E-state index is 12.9. The number of carbonyl (C=O) groups is 1. The summed E-state index contributed by atoms with van der Waals surface area (Å²) in [4.78, 5) is 25.7. The molecule has 2 aromatic carbocycles. The van der Waals surface area contributed by atoms with Crippen LogP contribution in [0.15, 0.2) is 53.3 Å². The molecule has 0 saturated heterocycles.